The molecule has 0 fully saturated rings. The van der Waals surface area contributed by atoms with E-state index in [0.29, 0.717) is 30.2 Å². The second-order valence-corrected chi connectivity index (χ2v) is 6.26. The molecule has 0 aliphatic heterocycles. The number of ether oxygens (including phenoxy) is 2. The van der Waals surface area contributed by atoms with Gasteiger partial charge in [-0.1, -0.05) is 0 Å². The van der Waals surface area contributed by atoms with Crippen molar-refractivity contribution in [3.63, 3.8) is 0 Å². The topological polar surface area (TPSA) is 81.0 Å². The molecule has 2 amide bonds. The van der Waals surface area contributed by atoms with E-state index < -0.39 is 0 Å². The molecule has 1 heterocycles. The van der Waals surface area contributed by atoms with Crippen LogP contribution >= 0.6 is 0 Å². The highest BCUT2D eigenvalue weighted by Crippen LogP contribution is 2.17. The van der Waals surface area contributed by atoms with Crippen molar-refractivity contribution in [2.45, 2.75) is 0 Å². The van der Waals surface area contributed by atoms with Crippen LogP contribution in [0.2, 0.25) is 0 Å². The lowest BCUT2D eigenvalue weighted by atomic mass is 10.2. The number of hydrogen-bond acceptors (Lipinski definition) is 5. The average molecular weight is 394 g/mol. The van der Waals surface area contributed by atoms with Gasteiger partial charge in [-0.3, -0.25) is 9.59 Å². The standard InChI is InChI=1S/C22H22N2O5/c1-24(13-15-28-19-11-9-18(27-2)10-12-19)22(26)16-5-7-17(8-6-16)23-21(25)20-4-3-14-29-20/h3-12,14H,13,15H2,1-2H3,(H,23,25). The summed E-state index contributed by atoms with van der Waals surface area (Å²) < 4.78 is 15.8. The van der Waals surface area contributed by atoms with Gasteiger partial charge in [-0.25, -0.2) is 0 Å². The smallest absolute Gasteiger partial charge is 0.291 e. The molecule has 3 rings (SSSR count). The maximum atomic E-state index is 12.5. The largest absolute Gasteiger partial charge is 0.497 e. The molecular formula is C22H22N2O5. The van der Waals surface area contributed by atoms with Crippen LogP contribution in [0.1, 0.15) is 20.9 Å². The molecule has 3 aromatic rings. The van der Waals surface area contributed by atoms with Crippen molar-refractivity contribution in [1.82, 2.24) is 4.90 Å². The highest BCUT2D eigenvalue weighted by atomic mass is 16.5. The first kappa shape index (κ1) is 20.0. The maximum absolute atomic E-state index is 12.5. The molecule has 1 N–H and O–H groups in total. The van der Waals surface area contributed by atoms with Crippen LogP contribution in [0, 0.1) is 0 Å². The van der Waals surface area contributed by atoms with Crippen molar-refractivity contribution in [2.24, 2.45) is 0 Å². The summed E-state index contributed by atoms with van der Waals surface area (Å²) in [6.07, 6.45) is 1.44. The molecule has 0 atom stereocenters. The predicted octanol–water partition coefficient (Wildman–Crippen LogP) is 3.69. The Morgan fingerprint density at radius 1 is 1.00 bits per heavy atom. The van der Waals surface area contributed by atoms with Crippen LogP contribution in [0.5, 0.6) is 11.5 Å². The van der Waals surface area contributed by atoms with Gasteiger partial charge in [-0.2, -0.15) is 0 Å². The number of nitrogens with one attached hydrogen (secondary N) is 1. The first-order valence-electron chi connectivity index (χ1n) is 9.04. The molecule has 29 heavy (non-hydrogen) atoms. The molecule has 1 aromatic heterocycles. The molecule has 0 spiro atoms. The molecule has 0 unspecified atom stereocenters. The summed E-state index contributed by atoms with van der Waals surface area (Å²) in [5.41, 5.74) is 1.10. The van der Waals surface area contributed by atoms with Gasteiger partial charge in [0.15, 0.2) is 5.76 Å². The second-order valence-electron chi connectivity index (χ2n) is 6.26. The number of hydrogen-bond donors (Lipinski definition) is 1. The van der Waals surface area contributed by atoms with Crippen molar-refractivity contribution < 1.29 is 23.5 Å². The number of anilines is 1. The fraction of sp³-hybridized carbons (Fsp3) is 0.182. The van der Waals surface area contributed by atoms with Crippen molar-refractivity contribution in [3.05, 3.63) is 78.3 Å². The Labute approximate surface area is 168 Å². The predicted molar refractivity (Wildman–Crippen MR) is 109 cm³/mol. The van der Waals surface area contributed by atoms with E-state index in [1.807, 2.05) is 24.3 Å². The lowest BCUT2D eigenvalue weighted by Crippen LogP contribution is -2.30. The molecule has 0 radical (unpaired) electrons. The summed E-state index contributed by atoms with van der Waals surface area (Å²) in [7, 11) is 3.32. The quantitative estimate of drug-likeness (QED) is 0.630. The summed E-state index contributed by atoms with van der Waals surface area (Å²) >= 11 is 0. The molecule has 0 saturated heterocycles. The third-order valence-electron chi connectivity index (χ3n) is 4.24. The second kappa shape index (κ2) is 9.45. The SMILES string of the molecule is COc1ccc(OCCN(C)C(=O)c2ccc(NC(=O)c3ccco3)cc2)cc1. The monoisotopic (exact) mass is 394 g/mol. The van der Waals surface area contributed by atoms with Gasteiger partial charge in [0.2, 0.25) is 0 Å². The zero-order valence-corrected chi connectivity index (χ0v) is 16.3. The van der Waals surface area contributed by atoms with Gasteiger partial charge in [0, 0.05) is 18.3 Å². The van der Waals surface area contributed by atoms with E-state index >= 15 is 0 Å². The summed E-state index contributed by atoms with van der Waals surface area (Å²) in [5.74, 6) is 1.22. The van der Waals surface area contributed by atoms with Crippen molar-refractivity contribution in [1.29, 1.82) is 0 Å². The van der Waals surface area contributed by atoms with Crippen LogP contribution in [-0.4, -0.2) is 44.0 Å². The van der Waals surface area contributed by atoms with E-state index in [-0.39, 0.29) is 17.6 Å². The molecule has 7 heteroatoms. The minimum Gasteiger partial charge on any atom is -0.497 e. The number of amides is 2. The lowest BCUT2D eigenvalue weighted by molar-refractivity contribution is 0.0773. The fourth-order valence-corrected chi connectivity index (χ4v) is 2.59. The van der Waals surface area contributed by atoms with Crippen LogP contribution in [0.25, 0.3) is 0 Å². The van der Waals surface area contributed by atoms with E-state index in [2.05, 4.69) is 5.32 Å². The van der Waals surface area contributed by atoms with Gasteiger partial charge in [0.1, 0.15) is 18.1 Å². The van der Waals surface area contributed by atoms with Crippen LogP contribution in [0.3, 0.4) is 0 Å². The third kappa shape index (κ3) is 5.38. The Hall–Kier alpha value is -3.74. The van der Waals surface area contributed by atoms with Crippen LogP contribution in [0.4, 0.5) is 5.69 Å². The van der Waals surface area contributed by atoms with Gasteiger partial charge >= 0.3 is 0 Å². The number of nitrogens with zero attached hydrogens (tertiary/aromatic N) is 1. The van der Waals surface area contributed by atoms with E-state index in [1.165, 1.54) is 6.26 Å². The number of benzene rings is 2. The maximum Gasteiger partial charge on any atom is 0.291 e. The molecule has 7 nitrogen and oxygen atoms in total. The Kier molecular flexibility index (Phi) is 6.52. The molecule has 2 aromatic carbocycles. The lowest BCUT2D eigenvalue weighted by Gasteiger charge is -2.18. The third-order valence-corrected chi connectivity index (χ3v) is 4.24. The first-order valence-corrected chi connectivity index (χ1v) is 9.04. The van der Waals surface area contributed by atoms with Crippen LogP contribution in [-0.2, 0) is 0 Å². The molecule has 0 saturated carbocycles. The summed E-state index contributed by atoms with van der Waals surface area (Å²) in [4.78, 5) is 26.1. The summed E-state index contributed by atoms with van der Waals surface area (Å²) in [6.45, 7) is 0.799. The Morgan fingerprint density at radius 2 is 1.69 bits per heavy atom. The van der Waals surface area contributed by atoms with Crippen LogP contribution in [0.15, 0.2) is 71.3 Å². The number of furan rings is 1. The minimum atomic E-state index is -0.345. The molecular weight excluding hydrogens is 372 g/mol. The van der Waals surface area contributed by atoms with Gasteiger partial charge in [0.05, 0.1) is 19.9 Å². The summed E-state index contributed by atoms with van der Waals surface area (Å²) in [6, 6.07) is 17.2. The highest BCUT2D eigenvalue weighted by Gasteiger charge is 2.13. The number of methoxy groups -OCH3 is 1. The number of likely N-dealkylation sites (N-methyl/N-ethyl adjacent to an activating group) is 1. The van der Waals surface area contributed by atoms with Crippen molar-refractivity contribution in [2.75, 3.05) is 32.6 Å². The number of carbonyl (C=O) groups is 2. The minimum absolute atomic E-state index is 0.132. The zero-order valence-electron chi connectivity index (χ0n) is 16.3. The fourth-order valence-electron chi connectivity index (χ4n) is 2.59. The summed E-state index contributed by atoms with van der Waals surface area (Å²) in [5, 5.41) is 2.71. The van der Waals surface area contributed by atoms with Crippen LogP contribution < -0.4 is 14.8 Å². The van der Waals surface area contributed by atoms with Gasteiger partial charge < -0.3 is 24.1 Å². The van der Waals surface area contributed by atoms with Gasteiger partial charge in [-0.05, 0) is 60.7 Å². The van der Waals surface area contributed by atoms with Crippen molar-refractivity contribution in [3.8, 4) is 11.5 Å². The van der Waals surface area contributed by atoms with E-state index in [0.717, 1.165) is 5.75 Å². The number of rotatable bonds is 8. The highest BCUT2D eigenvalue weighted by molar-refractivity contribution is 6.02. The Balaban J connectivity index is 1.49. The Morgan fingerprint density at radius 3 is 2.31 bits per heavy atom. The zero-order chi connectivity index (χ0) is 20.6. The van der Waals surface area contributed by atoms with Crippen molar-refractivity contribution >= 4 is 17.5 Å². The number of carbonyl (C=O) groups excluding carboxylic acids is 2. The molecule has 0 aliphatic rings. The molecule has 0 aliphatic carbocycles. The van der Waals surface area contributed by atoms with E-state index in [9.17, 15) is 9.59 Å². The molecule has 150 valence electrons. The van der Waals surface area contributed by atoms with E-state index in [4.69, 9.17) is 13.9 Å². The van der Waals surface area contributed by atoms with Gasteiger partial charge in [-0.15, -0.1) is 0 Å². The first-order chi connectivity index (χ1) is 14.1. The van der Waals surface area contributed by atoms with Gasteiger partial charge in [0.25, 0.3) is 11.8 Å². The normalized spacial score (nSPS) is 10.3. The molecule has 0 bridgehead atoms. The van der Waals surface area contributed by atoms with E-state index in [1.54, 1.807) is 55.5 Å². The average Bonchev–Trinajstić information content (AvgIpc) is 3.29. The Bertz CT molecular complexity index is 934.